The van der Waals surface area contributed by atoms with Crippen molar-refractivity contribution in [2.75, 3.05) is 0 Å². The minimum Gasteiger partial charge on any atom is -0.282 e. The van der Waals surface area contributed by atoms with Crippen LogP contribution >= 0.6 is 0 Å². The lowest BCUT2D eigenvalue weighted by Gasteiger charge is -1.96. The van der Waals surface area contributed by atoms with Crippen LogP contribution in [0.2, 0.25) is 0 Å². The molecule has 14 heavy (non-hydrogen) atoms. The SMILES string of the molecule is O=c1c2[n+]([nH]c3ccccc13)CCC2. The van der Waals surface area contributed by atoms with Gasteiger partial charge in [-0.15, -0.1) is 4.68 Å². The van der Waals surface area contributed by atoms with E-state index in [-0.39, 0.29) is 5.43 Å². The summed E-state index contributed by atoms with van der Waals surface area (Å²) in [6.07, 6.45) is 1.97. The molecule has 0 saturated heterocycles. The number of fused-ring (bicyclic) bond motifs is 2. The Morgan fingerprint density at radius 2 is 2.14 bits per heavy atom. The largest absolute Gasteiger partial charge is 0.282 e. The Kier molecular flexibility index (Phi) is 1.48. The highest BCUT2D eigenvalue weighted by Gasteiger charge is 2.24. The molecule has 3 nitrogen and oxygen atoms in total. The van der Waals surface area contributed by atoms with Crippen molar-refractivity contribution in [1.82, 2.24) is 5.10 Å². The first-order valence-electron chi connectivity index (χ1n) is 4.90. The number of hydrogen-bond donors (Lipinski definition) is 1. The molecule has 0 aliphatic carbocycles. The van der Waals surface area contributed by atoms with E-state index in [0.29, 0.717) is 0 Å². The van der Waals surface area contributed by atoms with Gasteiger partial charge in [0.1, 0.15) is 5.52 Å². The van der Waals surface area contributed by atoms with Gasteiger partial charge in [0.25, 0.3) is 11.1 Å². The monoisotopic (exact) mass is 187 g/mol. The highest BCUT2D eigenvalue weighted by molar-refractivity contribution is 5.77. The van der Waals surface area contributed by atoms with Crippen LogP contribution in [0.25, 0.3) is 10.9 Å². The quantitative estimate of drug-likeness (QED) is 0.607. The molecule has 2 heterocycles. The van der Waals surface area contributed by atoms with E-state index in [1.54, 1.807) is 0 Å². The third-order valence-corrected chi connectivity index (χ3v) is 2.81. The van der Waals surface area contributed by atoms with Gasteiger partial charge in [-0.3, -0.25) is 4.79 Å². The fraction of sp³-hybridized carbons (Fsp3) is 0.273. The van der Waals surface area contributed by atoms with Gasteiger partial charge in [0, 0.05) is 12.8 Å². The summed E-state index contributed by atoms with van der Waals surface area (Å²) in [5.74, 6) is 0. The Morgan fingerprint density at radius 3 is 3.07 bits per heavy atom. The van der Waals surface area contributed by atoms with Crippen LogP contribution in [0.15, 0.2) is 29.1 Å². The molecule has 0 radical (unpaired) electrons. The van der Waals surface area contributed by atoms with E-state index in [2.05, 4.69) is 5.10 Å². The van der Waals surface area contributed by atoms with E-state index < -0.39 is 0 Å². The molecule has 1 aliphatic rings. The molecule has 0 amide bonds. The number of benzene rings is 1. The van der Waals surface area contributed by atoms with Crippen molar-refractivity contribution in [3.05, 3.63) is 40.2 Å². The molecule has 0 unspecified atom stereocenters. The smallest absolute Gasteiger partial charge is 0.256 e. The molecule has 0 saturated carbocycles. The number of nitrogens with zero attached hydrogens (tertiary/aromatic N) is 1. The summed E-state index contributed by atoms with van der Waals surface area (Å²) in [5.41, 5.74) is 2.05. The molecule has 70 valence electrons. The summed E-state index contributed by atoms with van der Waals surface area (Å²) in [7, 11) is 0. The Morgan fingerprint density at radius 1 is 1.29 bits per heavy atom. The molecule has 1 aromatic heterocycles. The summed E-state index contributed by atoms with van der Waals surface area (Å²) in [4.78, 5) is 12.0. The number of hydrogen-bond acceptors (Lipinski definition) is 1. The first-order chi connectivity index (χ1) is 6.86. The number of rotatable bonds is 0. The minimum absolute atomic E-state index is 0.192. The lowest BCUT2D eigenvalue weighted by atomic mass is 10.2. The molecule has 2 aromatic rings. The van der Waals surface area contributed by atoms with E-state index >= 15 is 0 Å². The average Bonchev–Trinajstić information content (AvgIpc) is 2.66. The van der Waals surface area contributed by atoms with Gasteiger partial charge in [0.2, 0.25) is 0 Å². The first kappa shape index (κ1) is 7.74. The Balaban J connectivity index is 2.50. The lowest BCUT2D eigenvalue weighted by molar-refractivity contribution is -0.746. The van der Waals surface area contributed by atoms with Crippen molar-refractivity contribution in [2.24, 2.45) is 0 Å². The number of aromatic nitrogens is 2. The van der Waals surface area contributed by atoms with Crippen LogP contribution in [-0.2, 0) is 13.0 Å². The standard InChI is InChI=1S/C11H10N2O/c14-11-8-4-1-2-5-9(8)12-13-7-3-6-10(11)13/h1-2,4-5H,3,6-7H2/p+1. The number of H-pyrrole nitrogens is 1. The van der Waals surface area contributed by atoms with Gasteiger partial charge in [-0.05, 0) is 12.1 Å². The minimum atomic E-state index is 0.192. The zero-order chi connectivity index (χ0) is 9.54. The Bertz CT molecular complexity index is 557. The molecular weight excluding hydrogens is 176 g/mol. The second-order valence-corrected chi connectivity index (χ2v) is 3.69. The average molecular weight is 187 g/mol. The van der Waals surface area contributed by atoms with Gasteiger partial charge in [0.05, 0.1) is 5.39 Å². The molecule has 0 bridgehead atoms. The normalized spacial score (nSPS) is 14.6. The molecule has 0 fully saturated rings. The van der Waals surface area contributed by atoms with Gasteiger partial charge in [0.15, 0.2) is 6.54 Å². The van der Waals surface area contributed by atoms with Crippen LogP contribution < -0.4 is 10.1 Å². The topological polar surface area (TPSA) is 36.7 Å². The third kappa shape index (κ3) is 0.923. The number of aromatic amines is 1. The van der Waals surface area contributed by atoms with Crippen molar-refractivity contribution in [1.29, 1.82) is 0 Å². The number of aryl methyl sites for hydroxylation is 1. The van der Waals surface area contributed by atoms with Crippen LogP contribution in [-0.4, -0.2) is 5.10 Å². The maximum Gasteiger partial charge on any atom is 0.256 e. The zero-order valence-electron chi connectivity index (χ0n) is 7.79. The Hall–Kier alpha value is -1.64. The molecule has 3 heteroatoms. The fourth-order valence-electron chi connectivity index (χ4n) is 2.11. The summed E-state index contributed by atoms with van der Waals surface area (Å²) in [5, 5.41) is 4.07. The maximum absolute atomic E-state index is 12.0. The highest BCUT2D eigenvalue weighted by atomic mass is 16.1. The van der Waals surface area contributed by atoms with Crippen molar-refractivity contribution in [2.45, 2.75) is 19.4 Å². The second kappa shape index (κ2) is 2.67. The van der Waals surface area contributed by atoms with Crippen molar-refractivity contribution < 1.29 is 4.68 Å². The van der Waals surface area contributed by atoms with Crippen LogP contribution in [0.4, 0.5) is 0 Å². The molecule has 0 atom stereocenters. The Labute approximate surface area is 81.0 Å². The summed E-state index contributed by atoms with van der Waals surface area (Å²) < 4.78 is 1.98. The fourth-order valence-corrected chi connectivity index (χ4v) is 2.11. The second-order valence-electron chi connectivity index (χ2n) is 3.69. The highest BCUT2D eigenvalue weighted by Crippen LogP contribution is 2.08. The van der Waals surface area contributed by atoms with Crippen LogP contribution in [0, 0.1) is 0 Å². The summed E-state index contributed by atoms with van der Waals surface area (Å²) in [6, 6.07) is 7.68. The van der Waals surface area contributed by atoms with Crippen molar-refractivity contribution >= 4 is 10.9 Å². The van der Waals surface area contributed by atoms with Gasteiger partial charge in [-0.25, -0.2) is 0 Å². The van der Waals surface area contributed by atoms with Crippen LogP contribution in [0.1, 0.15) is 12.1 Å². The van der Waals surface area contributed by atoms with Crippen LogP contribution in [0.5, 0.6) is 0 Å². The van der Waals surface area contributed by atoms with Gasteiger partial charge < -0.3 is 0 Å². The van der Waals surface area contributed by atoms with Crippen molar-refractivity contribution in [3.63, 3.8) is 0 Å². The summed E-state index contributed by atoms with van der Waals surface area (Å²) >= 11 is 0. The third-order valence-electron chi connectivity index (χ3n) is 2.81. The molecule has 1 aliphatic heterocycles. The molecular formula is C11H11N2O+. The van der Waals surface area contributed by atoms with Gasteiger partial charge in [-0.1, -0.05) is 12.1 Å². The van der Waals surface area contributed by atoms with E-state index in [1.807, 2.05) is 28.9 Å². The predicted molar refractivity (Wildman–Crippen MR) is 53.1 cm³/mol. The van der Waals surface area contributed by atoms with Crippen molar-refractivity contribution in [3.8, 4) is 0 Å². The number of para-hydroxylation sites is 1. The molecule has 0 spiro atoms. The number of nitrogens with one attached hydrogen (secondary N) is 1. The van der Waals surface area contributed by atoms with E-state index in [0.717, 1.165) is 36.0 Å². The predicted octanol–water partition coefficient (Wildman–Crippen LogP) is 0.762. The zero-order valence-corrected chi connectivity index (χ0v) is 7.79. The lowest BCUT2D eigenvalue weighted by Crippen LogP contribution is -2.42. The van der Waals surface area contributed by atoms with E-state index in [1.165, 1.54) is 0 Å². The maximum atomic E-state index is 12.0. The molecule has 3 rings (SSSR count). The van der Waals surface area contributed by atoms with Crippen LogP contribution in [0.3, 0.4) is 0 Å². The van der Waals surface area contributed by atoms with E-state index in [4.69, 9.17) is 0 Å². The molecule has 1 aromatic carbocycles. The van der Waals surface area contributed by atoms with E-state index in [9.17, 15) is 4.79 Å². The van der Waals surface area contributed by atoms with Gasteiger partial charge >= 0.3 is 0 Å². The molecule has 1 N–H and O–H groups in total. The van der Waals surface area contributed by atoms with Gasteiger partial charge in [-0.2, -0.15) is 5.10 Å². The first-order valence-corrected chi connectivity index (χ1v) is 4.90. The summed E-state index contributed by atoms with van der Waals surface area (Å²) in [6.45, 7) is 0.940.